The van der Waals surface area contributed by atoms with Gasteiger partial charge in [0.15, 0.2) is 0 Å². The summed E-state index contributed by atoms with van der Waals surface area (Å²) in [5, 5.41) is 35.0. The molecule has 0 fully saturated rings. The second-order valence-electron chi connectivity index (χ2n) is 3.67. The van der Waals surface area contributed by atoms with Crippen molar-refractivity contribution in [3.63, 3.8) is 0 Å². The van der Waals surface area contributed by atoms with Crippen LogP contribution in [0.15, 0.2) is 24.3 Å². The molecule has 0 spiro atoms. The van der Waals surface area contributed by atoms with E-state index in [1.807, 2.05) is 0 Å². The maximum absolute atomic E-state index is 8.87. The zero-order chi connectivity index (χ0) is 14.7. The molecule has 0 aliphatic carbocycles. The maximum Gasteiger partial charge on any atom is 0.115 e. The minimum absolute atomic E-state index is 0.136. The molecule has 0 saturated heterocycles. The van der Waals surface area contributed by atoms with Crippen LogP contribution in [0.3, 0.4) is 0 Å². The van der Waals surface area contributed by atoms with Gasteiger partial charge in [-0.25, -0.2) is 0 Å². The van der Waals surface area contributed by atoms with Gasteiger partial charge in [-0.05, 0) is 24.3 Å². The van der Waals surface area contributed by atoms with Crippen LogP contribution in [0.2, 0.25) is 0 Å². The molecule has 0 aliphatic heterocycles. The molecule has 2 atom stereocenters. The standard InChI is InChI=1S/C6H12Cl2O3.C6H6O2/c7-1-5(9)3-11-4-6(10)2-8;7-5-1-2-6(8)4-3-5/h5-6,9-10H,1-4H2;1-4,7-8H. The van der Waals surface area contributed by atoms with Gasteiger partial charge in [0.1, 0.15) is 11.5 Å². The molecule has 2 unspecified atom stereocenters. The van der Waals surface area contributed by atoms with Crippen molar-refractivity contribution in [2.24, 2.45) is 0 Å². The zero-order valence-electron chi connectivity index (χ0n) is 10.2. The van der Waals surface area contributed by atoms with Crippen molar-refractivity contribution in [1.82, 2.24) is 0 Å². The van der Waals surface area contributed by atoms with Gasteiger partial charge >= 0.3 is 0 Å². The van der Waals surface area contributed by atoms with Crippen LogP contribution in [-0.2, 0) is 4.74 Å². The van der Waals surface area contributed by atoms with Crippen molar-refractivity contribution in [2.75, 3.05) is 25.0 Å². The van der Waals surface area contributed by atoms with Crippen molar-refractivity contribution in [2.45, 2.75) is 12.2 Å². The summed E-state index contributed by atoms with van der Waals surface area (Å²) in [5.74, 6) is 0.610. The highest BCUT2D eigenvalue weighted by atomic mass is 35.5. The number of ether oxygens (including phenoxy) is 1. The van der Waals surface area contributed by atoms with E-state index in [-0.39, 0.29) is 36.5 Å². The largest absolute Gasteiger partial charge is 0.508 e. The Morgan fingerprint density at radius 1 is 0.842 bits per heavy atom. The number of hydrogen-bond acceptors (Lipinski definition) is 5. The Labute approximate surface area is 122 Å². The molecule has 4 N–H and O–H groups in total. The van der Waals surface area contributed by atoms with E-state index in [0.717, 1.165) is 0 Å². The number of rotatable bonds is 6. The van der Waals surface area contributed by atoms with Crippen LogP contribution in [-0.4, -0.2) is 57.6 Å². The van der Waals surface area contributed by atoms with Crippen LogP contribution in [0.25, 0.3) is 0 Å². The Morgan fingerprint density at radius 2 is 1.16 bits per heavy atom. The predicted octanol–water partition coefficient (Wildman–Crippen LogP) is 1.30. The van der Waals surface area contributed by atoms with Crippen LogP contribution in [0.1, 0.15) is 0 Å². The van der Waals surface area contributed by atoms with E-state index >= 15 is 0 Å². The summed E-state index contributed by atoms with van der Waals surface area (Å²) in [5.41, 5.74) is 0. The SMILES string of the molecule is OC(CCl)COCC(O)CCl.Oc1ccc(O)cc1. The molecule has 0 aromatic heterocycles. The van der Waals surface area contributed by atoms with E-state index in [1.54, 1.807) is 0 Å². The average Bonchev–Trinajstić information content (AvgIpc) is 2.42. The molecule has 0 saturated carbocycles. The summed E-state index contributed by atoms with van der Waals surface area (Å²) in [6.07, 6.45) is -1.33. The van der Waals surface area contributed by atoms with Gasteiger partial charge in [-0.3, -0.25) is 0 Å². The van der Waals surface area contributed by atoms with Gasteiger partial charge in [0, 0.05) is 0 Å². The second-order valence-corrected chi connectivity index (χ2v) is 4.29. The van der Waals surface area contributed by atoms with E-state index in [4.69, 9.17) is 48.4 Å². The lowest BCUT2D eigenvalue weighted by molar-refractivity contribution is 0.00593. The third-order valence-electron chi connectivity index (χ3n) is 1.83. The first-order valence-corrected chi connectivity index (χ1v) is 6.60. The third kappa shape index (κ3) is 10.9. The molecular formula is C12H18Cl2O5. The molecule has 7 heteroatoms. The molecule has 0 heterocycles. The van der Waals surface area contributed by atoms with Gasteiger partial charge in [-0.2, -0.15) is 0 Å². The van der Waals surface area contributed by atoms with Gasteiger partial charge in [-0.15, -0.1) is 23.2 Å². The lowest BCUT2D eigenvalue weighted by atomic mass is 10.3. The third-order valence-corrected chi connectivity index (χ3v) is 2.54. The number of aliphatic hydroxyl groups is 2. The van der Waals surface area contributed by atoms with Crippen molar-refractivity contribution in [3.05, 3.63) is 24.3 Å². The number of benzene rings is 1. The molecule has 1 aromatic carbocycles. The van der Waals surface area contributed by atoms with Crippen LogP contribution in [0, 0.1) is 0 Å². The predicted molar refractivity (Wildman–Crippen MR) is 74.0 cm³/mol. The van der Waals surface area contributed by atoms with Crippen LogP contribution in [0.4, 0.5) is 0 Å². The number of hydrogen-bond donors (Lipinski definition) is 4. The fourth-order valence-corrected chi connectivity index (χ4v) is 1.06. The van der Waals surface area contributed by atoms with Gasteiger partial charge < -0.3 is 25.2 Å². The molecular weight excluding hydrogens is 295 g/mol. The Morgan fingerprint density at radius 3 is 1.42 bits per heavy atom. The first-order valence-electron chi connectivity index (χ1n) is 5.53. The number of halogens is 2. The Hall–Kier alpha value is -0.720. The zero-order valence-corrected chi connectivity index (χ0v) is 11.8. The Kier molecular flexibility index (Phi) is 10.7. The van der Waals surface area contributed by atoms with Crippen LogP contribution in [0.5, 0.6) is 11.5 Å². The minimum Gasteiger partial charge on any atom is -0.508 e. The summed E-state index contributed by atoms with van der Waals surface area (Å²) in [7, 11) is 0. The van der Waals surface area contributed by atoms with E-state index in [0.29, 0.717) is 0 Å². The van der Waals surface area contributed by atoms with Gasteiger partial charge in [0.05, 0.1) is 37.2 Å². The second kappa shape index (κ2) is 11.1. The Bertz CT molecular complexity index is 289. The summed E-state index contributed by atoms with van der Waals surface area (Å²) >= 11 is 10.6. The fourth-order valence-electron chi connectivity index (χ4n) is 0.882. The van der Waals surface area contributed by atoms with Crippen molar-refractivity contribution in [3.8, 4) is 11.5 Å². The van der Waals surface area contributed by atoms with E-state index < -0.39 is 12.2 Å². The first kappa shape index (κ1) is 18.3. The highest BCUT2D eigenvalue weighted by Crippen LogP contribution is 2.13. The van der Waals surface area contributed by atoms with Crippen LogP contribution >= 0.6 is 23.2 Å². The first-order chi connectivity index (χ1) is 8.99. The van der Waals surface area contributed by atoms with E-state index in [1.165, 1.54) is 24.3 Å². The lowest BCUT2D eigenvalue weighted by Gasteiger charge is -2.10. The highest BCUT2D eigenvalue weighted by Gasteiger charge is 2.05. The van der Waals surface area contributed by atoms with Crippen LogP contribution < -0.4 is 0 Å². The van der Waals surface area contributed by atoms with Gasteiger partial charge in [0.25, 0.3) is 0 Å². The number of aromatic hydroxyl groups is 2. The molecule has 0 aliphatic rings. The van der Waals surface area contributed by atoms with Gasteiger partial charge in [0.2, 0.25) is 0 Å². The monoisotopic (exact) mass is 312 g/mol. The molecule has 5 nitrogen and oxygen atoms in total. The summed E-state index contributed by atoms with van der Waals surface area (Å²) in [6.45, 7) is 0.273. The number of phenolic OH excluding ortho intramolecular Hbond substituents is 2. The molecule has 0 bridgehead atoms. The van der Waals surface area contributed by atoms with E-state index in [2.05, 4.69) is 0 Å². The topological polar surface area (TPSA) is 90.2 Å². The summed E-state index contributed by atoms with van der Waals surface area (Å²) in [4.78, 5) is 0. The van der Waals surface area contributed by atoms with E-state index in [9.17, 15) is 0 Å². The molecule has 19 heavy (non-hydrogen) atoms. The van der Waals surface area contributed by atoms with Crippen molar-refractivity contribution >= 4 is 23.2 Å². The minimum atomic E-state index is -0.667. The van der Waals surface area contributed by atoms with Crippen molar-refractivity contribution in [1.29, 1.82) is 0 Å². The molecule has 0 amide bonds. The number of alkyl halides is 2. The summed E-state index contributed by atoms with van der Waals surface area (Å²) < 4.78 is 4.87. The smallest absolute Gasteiger partial charge is 0.115 e. The van der Waals surface area contributed by atoms with Gasteiger partial charge in [-0.1, -0.05) is 0 Å². The number of phenols is 2. The normalized spacial score (nSPS) is 13.3. The Balaban J connectivity index is 0.000000356. The highest BCUT2D eigenvalue weighted by molar-refractivity contribution is 6.18. The fraction of sp³-hybridized carbons (Fsp3) is 0.500. The van der Waals surface area contributed by atoms with Crippen molar-refractivity contribution < 1.29 is 25.2 Å². The maximum atomic E-state index is 8.87. The summed E-state index contributed by atoms with van der Waals surface area (Å²) in [6, 6.07) is 5.70. The number of aliphatic hydroxyl groups excluding tert-OH is 2. The molecule has 0 radical (unpaired) electrons. The quantitative estimate of drug-likeness (QED) is 0.469. The lowest BCUT2D eigenvalue weighted by Crippen LogP contribution is -2.23. The molecule has 1 rings (SSSR count). The molecule has 110 valence electrons. The molecule has 1 aromatic rings. The average molecular weight is 313 g/mol.